The maximum absolute atomic E-state index is 13.1. The van der Waals surface area contributed by atoms with Gasteiger partial charge in [-0.25, -0.2) is 9.82 Å². The molecule has 11 nitrogen and oxygen atoms in total. The Labute approximate surface area is 262 Å². The van der Waals surface area contributed by atoms with Crippen LogP contribution in [0.4, 0.5) is 0 Å². The molecule has 228 valence electrons. The van der Waals surface area contributed by atoms with Crippen LogP contribution in [0, 0.1) is 0 Å². The lowest BCUT2D eigenvalue weighted by molar-refractivity contribution is -0.911. The summed E-state index contributed by atoms with van der Waals surface area (Å²) in [4.78, 5) is 36.7. The van der Waals surface area contributed by atoms with Crippen LogP contribution in [-0.2, 0) is 18.1 Å². The smallest absolute Gasteiger partial charge is 0.285 e. The zero-order chi connectivity index (χ0) is 31.3. The van der Waals surface area contributed by atoms with Crippen LogP contribution in [0.15, 0.2) is 96.6 Å². The SMILES string of the molecule is COc1ccc(COc2cc(C(ON3C(=O)c4ccccc4C3=O)c3nccs3)[n+](O)cc2OCc2ccc(OC)cc2)cc1. The second-order valence-corrected chi connectivity index (χ2v) is 10.8. The van der Waals surface area contributed by atoms with Crippen LogP contribution in [0.25, 0.3) is 0 Å². The van der Waals surface area contributed by atoms with Crippen molar-refractivity contribution in [2.45, 2.75) is 19.3 Å². The monoisotopic (exact) mass is 626 g/mol. The highest BCUT2D eigenvalue weighted by atomic mass is 32.1. The minimum Gasteiger partial charge on any atom is -0.497 e. The maximum atomic E-state index is 13.1. The van der Waals surface area contributed by atoms with Crippen LogP contribution < -0.4 is 23.7 Å². The average molecular weight is 627 g/mol. The first-order valence-electron chi connectivity index (χ1n) is 13.8. The number of benzene rings is 3. The second kappa shape index (κ2) is 13.0. The average Bonchev–Trinajstić information content (AvgIpc) is 3.70. The molecule has 0 radical (unpaired) electrons. The minimum atomic E-state index is -1.16. The van der Waals surface area contributed by atoms with Crippen molar-refractivity contribution in [3.05, 3.63) is 130 Å². The number of rotatable bonds is 12. The van der Waals surface area contributed by atoms with E-state index in [-0.39, 0.29) is 41.5 Å². The lowest BCUT2D eigenvalue weighted by atomic mass is 10.1. The Morgan fingerprint density at radius 1 is 0.822 bits per heavy atom. The highest BCUT2D eigenvalue weighted by Gasteiger charge is 2.42. The van der Waals surface area contributed by atoms with Crippen molar-refractivity contribution >= 4 is 23.2 Å². The predicted octanol–water partition coefficient (Wildman–Crippen LogP) is 5.16. The van der Waals surface area contributed by atoms with E-state index in [1.54, 1.807) is 50.1 Å². The number of pyridine rings is 1. The lowest BCUT2D eigenvalue weighted by Gasteiger charge is -2.19. The predicted molar refractivity (Wildman–Crippen MR) is 160 cm³/mol. The molecule has 0 bridgehead atoms. The molecule has 1 aliphatic rings. The molecule has 6 rings (SSSR count). The van der Waals surface area contributed by atoms with E-state index in [9.17, 15) is 14.8 Å². The highest BCUT2D eigenvalue weighted by molar-refractivity contribution is 7.09. The molecule has 0 fully saturated rings. The van der Waals surface area contributed by atoms with E-state index >= 15 is 0 Å². The van der Waals surface area contributed by atoms with Gasteiger partial charge in [0.25, 0.3) is 23.7 Å². The minimum absolute atomic E-state index is 0.142. The highest BCUT2D eigenvalue weighted by Crippen LogP contribution is 2.35. The van der Waals surface area contributed by atoms with Crippen LogP contribution in [0.3, 0.4) is 0 Å². The molecule has 1 unspecified atom stereocenters. The summed E-state index contributed by atoms with van der Waals surface area (Å²) in [6.07, 6.45) is 1.75. The Kier molecular flexibility index (Phi) is 8.58. The quantitative estimate of drug-likeness (QED) is 0.114. The molecule has 1 aliphatic heterocycles. The number of methoxy groups -OCH3 is 2. The summed E-state index contributed by atoms with van der Waals surface area (Å²) in [6, 6.07) is 22.8. The summed E-state index contributed by atoms with van der Waals surface area (Å²) in [7, 11) is 3.19. The lowest BCUT2D eigenvalue weighted by Crippen LogP contribution is -2.40. The number of ether oxygens (including phenoxy) is 4. The molecule has 0 aliphatic carbocycles. The van der Waals surface area contributed by atoms with E-state index in [2.05, 4.69) is 4.98 Å². The first-order valence-corrected chi connectivity index (χ1v) is 14.7. The van der Waals surface area contributed by atoms with Gasteiger partial charge in [0, 0.05) is 16.3 Å². The van der Waals surface area contributed by atoms with Gasteiger partial charge in [-0.3, -0.25) is 14.8 Å². The number of aromatic nitrogens is 2. The van der Waals surface area contributed by atoms with Crippen molar-refractivity contribution in [3.8, 4) is 23.0 Å². The first kappa shape index (κ1) is 29.6. The van der Waals surface area contributed by atoms with E-state index in [0.29, 0.717) is 21.6 Å². The number of hydrogen-bond donors (Lipinski definition) is 1. The van der Waals surface area contributed by atoms with Gasteiger partial charge >= 0.3 is 0 Å². The van der Waals surface area contributed by atoms with Crippen molar-refractivity contribution < 1.29 is 43.3 Å². The number of hydroxylamine groups is 2. The molecule has 45 heavy (non-hydrogen) atoms. The largest absolute Gasteiger partial charge is 0.497 e. The fourth-order valence-electron chi connectivity index (χ4n) is 4.66. The molecule has 0 saturated carbocycles. The number of fused-ring (bicyclic) bond motifs is 1. The third-order valence-corrected chi connectivity index (χ3v) is 7.86. The van der Waals surface area contributed by atoms with Gasteiger partial charge in [0.2, 0.25) is 11.9 Å². The number of carbonyl (C=O) groups is 2. The summed E-state index contributed by atoms with van der Waals surface area (Å²) in [5, 5.41) is 14.0. The van der Waals surface area contributed by atoms with Gasteiger partial charge in [-0.1, -0.05) is 36.4 Å². The molecular formula is C33H28N3O8S+. The number of nitrogens with zero attached hydrogens (tertiary/aromatic N) is 3. The molecule has 3 aromatic carbocycles. The molecule has 1 N–H and O–H groups in total. The first-order chi connectivity index (χ1) is 21.9. The molecule has 2 amide bonds. The van der Waals surface area contributed by atoms with Gasteiger partial charge in [-0.15, -0.1) is 16.4 Å². The standard InChI is InChI=1S/C33H28N3O8S/c1-40-23-11-7-21(8-12-23)19-42-28-17-27(35(39)18-29(28)43-20-22-9-13-24(41-2)14-10-22)30(31-34-15-16-45-31)44-36-32(37)25-5-3-4-6-26(25)33(36)38/h3-18,30,39H,19-20H2,1-2H3/q+1. The van der Waals surface area contributed by atoms with E-state index in [0.717, 1.165) is 15.9 Å². The van der Waals surface area contributed by atoms with Crippen molar-refractivity contribution in [2.24, 2.45) is 0 Å². The van der Waals surface area contributed by atoms with Gasteiger partial charge in [0.15, 0.2) is 5.75 Å². The van der Waals surface area contributed by atoms with Crippen LogP contribution in [0.5, 0.6) is 23.0 Å². The van der Waals surface area contributed by atoms with Crippen molar-refractivity contribution in [1.29, 1.82) is 0 Å². The maximum Gasteiger partial charge on any atom is 0.285 e. The topological polar surface area (TPSA) is 121 Å². The number of thiazole rings is 1. The fourth-order valence-corrected chi connectivity index (χ4v) is 5.33. The normalized spacial score (nSPS) is 13.0. The number of imide groups is 1. The van der Waals surface area contributed by atoms with E-state index < -0.39 is 17.9 Å². The summed E-state index contributed by atoms with van der Waals surface area (Å²) >= 11 is 1.23. The van der Waals surface area contributed by atoms with Crippen LogP contribution >= 0.6 is 11.3 Å². The van der Waals surface area contributed by atoms with Crippen molar-refractivity contribution in [2.75, 3.05) is 14.2 Å². The molecular weight excluding hydrogens is 598 g/mol. The van der Waals surface area contributed by atoms with Gasteiger partial charge in [-0.2, -0.15) is 0 Å². The second-order valence-electron chi connectivity index (χ2n) is 9.85. The summed E-state index contributed by atoms with van der Waals surface area (Å²) in [5.41, 5.74) is 2.31. The van der Waals surface area contributed by atoms with E-state index in [1.165, 1.54) is 23.6 Å². The summed E-state index contributed by atoms with van der Waals surface area (Å²) in [6.45, 7) is 0.336. The number of hydrogen-bond acceptors (Lipinski definition) is 10. The van der Waals surface area contributed by atoms with Crippen LogP contribution in [-0.4, -0.2) is 41.3 Å². The van der Waals surface area contributed by atoms with Gasteiger partial charge in [-0.05, 0) is 47.5 Å². The molecule has 2 aromatic heterocycles. The zero-order valence-electron chi connectivity index (χ0n) is 24.3. The Morgan fingerprint density at radius 3 is 1.89 bits per heavy atom. The Hall–Kier alpha value is -5.46. The Bertz CT molecular complexity index is 1780. The van der Waals surface area contributed by atoms with E-state index in [4.69, 9.17) is 23.8 Å². The molecule has 0 saturated heterocycles. The third-order valence-electron chi connectivity index (χ3n) is 7.04. The molecule has 3 heterocycles. The zero-order valence-corrected chi connectivity index (χ0v) is 25.1. The molecule has 1 atom stereocenters. The van der Waals surface area contributed by atoms with Gasteiger partial charge < -0.3 is 18.9 Å². The fraction of sp³-hybridized carbons (Fsp3) is 0.152. The summed E-state index contributed by atoms with van der Waals surface area (Å²) < 4.78 is 23.6. The van der Waals surface area contributed by atoms with Gasteiger partial charge in [0.05, 0.1) is 31.4 Å². The Balaban J connectivity index is 1.33. The molecule has 5 aromatic rings. The number of carbonyl (C=O) groups excluding carboxylic acids is 2. The third kappa shape index (κ3) is 6.28. The van der Waals surface area contributed by atoms with Crippen molar-refractivity contribution in [1.82, 2.24) is 10.0 Å². The Morgan fingerprint density at radius 2 is 1.38 bits per heavy atom. The summed E-state index contributed by atoms with van der Waals surface area (Å²) in [5.74, 6) is 0.721. The van der Waals surface area contributed by atoms with Gasteiger partial charge in [0.1, 0.15) is 29.7 Å². The van der Waals surface area contributed by atoms with Crippen LogP contribution in [0.1, 0.15) is 48.6 Å². The van der Waals surface area contributed by atoms with Crippen LogP contribution in [0.2, 0.25) is 0 Å². The molecule has 12 heteroatoms. The van der Waals surface area contributed by atoms with Crippen molar-refractivity contribution in [3.63, 3.8) is 0 Å². The molecule has 0 spiro atoms. The van der Waals surface area contributed by atoms with E-state index in [1.807, 2.05) is 48.5 Å². The number of amides is 2.